The summed E-state index contributed by atoms with van der Waals surface area (Å²) in [5, 5.41) is 10.3. The molecule has 14 heteroatoms. The minimum Gasteiger partial charge on any atom is -0.416 e. The van der Waals surface area contributed by atoms with E-state index in [4.69, 9.17) is 4.42 Å². The molecule has 0 radical (unpaired) electrons. The first kappa shape index (κ1) is 29.8. The van der Waals surface area contributed by atoms with Gasteiger partial charge in [0.05, 0.1) is 17.1 Å². The van der Waals surface area contributed by atoms with E-state index in [-0.39, 0.29) is 39.9 Å². The summed E-state index contributed by atoms with van der Waals surface area (Å²) in [5.74, 6) is -1.38. The molecule has 1 N–H and O–H groups in total. The molecule has 0 atom stereocenters. The minimum atomic E-state index is -4.82. The molecule has 2 heterocycles. The summed E-state index contributed by atoms with van der Waals surface area (Å²) in [6.45, 7) is 3.94. The number of hydrogen-bond donors (Lipinski definition) is 1. The summed E-state index contributed by atoms with van der Waals surface area (Å²) in [4.78, 5) is 31.0. The number of thioether (sulfide) groups is 1. The Morgan fingerprint density at radius 2 is 1.77 bits per heavy atom. The third-order valence-electron chi connectivity index (χ3n) is 6.18. The molecule has 4 aromatic rings. The fourth-order valence-corrected chi connectivity index (χ4v) is 5.14. The number of aromatic nitrogens is 2. The Labute approximate surface area is 247 Å². The van der Waals surface area contributed by atoms with Crippen molar-refractivity contribution in [3.05, 3.63) is 77.6 Å². The maximum absolute atomic E-state index is 15.0. The summed E-state index contributed by atoms with van der Waals surface area (Å²) in [6, 6.07) is 13.5. The number of carbonyl (C=O) groups is 2. The largest absolute Gasteiger partial charge is 0.573 e. The van der Waals surface area contributed by atoms with Gasteiger partial charge in [-0.05, 0) is 73.0 Å². The van der Waals surface area contributed by atoms with E-state index in [9.17, 15) is 27.2 Å². The predicted octanol–water partition coefficient (Wildman–Crippen LogP) is 7.37. The number of amidine groups is 1. The van der Waals surface area contributed by atoms with Crippen LogP contribution in [0, 0.1) is 12.7 Å². The van der Waals surface area contributed by atoms with Crippen molar-refractivity contribution < 1.29 is 36.3 Å². The van der Waals surface area contributed by atoms with E-state index in [1.165, 1.54) is 29.2 Å². The average molecular weight is 614 g/mol. The first-order valence-corrected chi connectivity index (χ1v) is 13.9. The van der Waals surface area contributed by atoms with Crippen LogP contribution in [0.25, 0.3) is 22.9 Å². The zero-order valence-corrected chi connectivity index (χ0v) is 23.6. The van der Waals surface area contributed by atoms with Gasteiger partial charge in [-0.2, -0.15) is 4.99 Å². The smallest absolute Gasteiger partial charge is 0.416 e. The van der Waals surface area contributed by atoms with Crippen LogP contribution in [0.15, 0.2) is 70.1 Å². The molecule has 1 aliphatic rings. The summed E-state index contributed by atoms with van der Waals surface area (Å²) in [5.41, 5.74) is 2.93. The van der Waals surface area contributed by atoms with Gasteiger partial charge in [-0.15, -0.1) is 23.4 Å². The highest BCUT2D eigenvalue weighted by molar-refractivity contribution is 8.15. The number of rotatable bonds is 7. The fourth-order valence-electron chi connectivity index (χ4n) is 4.28. The number of aryl methyl sites for hydroxylation is 2. The molecule has 0 spiro atoms. The molecule has 1 aliphatic heterocycles. The molecule has 3 aromatic carbocycles. The van der Waals surface area contributed by atoms with Gasteiger partial charge in [0.15, 0.2) is 5.17 Å². The highest BCUT2D eigenvalue weighted by Gasteiger charge is 2.32. The van der Waals surface area contributed by atoms with Crippen molar-refractivity contribution in [1.29, 1.82) is 0 Å². The molecule has 1 fully saturated rings. The van der Waals surface area contributed by atoms with Crippen molar-refractivity contribution >= 4 is 40.2 Å². The molecule has 222 valence electrons. The monoisotopic (exact) mass is 613 g/mol. The fraction of sp³-hybridized carbons (Fsp3) is 0.207. The van der Waals surface area contributed by atoms with Crippen LogP contribution in [0.4, 0.5) is 33.7 Å². The van der Waals surface area contributed by atoms with E-state index in [0.717, 1.165) is 53.9 Å². The molecule has 43 heavy (non-hydrogen) atoms. The van der Waals surface area contributed by atoms with Crippen molar-refractivity contribution in [1.82, 2.24) is 10.2 Å². The van der Waals surface area contributed by atoms with Crippen LogP contribution in [0.2, 0.25) is 0 Å². The van der Waals surface area contributed by atoms with Crippen molar-refractivity contribution in [3.8, 4) is 28.7 Å². The molecule has 9 nitrogen and oxygen atoms in total. The molecule has 0 aliphatic carbocycles. The number of hydrogen-bond acceptors (Lipinski definition) is 7. The molecule has 3 amide bonds. The number of aliphatic imine (C=N–C) groups is 1. The van der Waals surface area contributed by atoms with Crippen molar-refractivity contribution in [2.45, 2.75) is 33.1 Å². The second-order valence-electron chi connectivity index (χ2n) is 9.40. The molecular formula is C29H23F4N5O4S. The van der Waals surface area contributed by atoms with Gasteiger partial charge in [-0.1, -0.05) is 37.2 Å². The number of urea groups is 1. The quantitative estimate of drug-likeness (QED) is 0.217. The third kappa shape index (κ3) is 7.02. The topological polar surface area (TPSA) is 110 Å². The lowest BCUT2D eigenvalue weighted by Crippen LogP contribution is -2.31. The average Bonchev–Trinajstić information content (AvgIpc) is 3.58. The highest BCUT2D eigenvalue weighted by atomic mass is 32.2. The van der Waals surface area contributed by atoms with Crippen LogP contribution < -0.4 is 15.0 Å². The summed E-state index contributed by atoms with van der Waals surface area (Å²) in [7, 11) is 0. The van der Waals surface area contributed by atoms with Crippen LogP contribution in [-0.4, -0.2) is 39.4 Å². The number of carbonyl (C=O) groups excluding carboxylic acids is 2. The summed E-state index contributed by atoms with van der Waals surface area (Å²) >= 11 is 1.12. The lowest BCUT2D eigenvalue weighted by atomic mass is 10.0. The molecule has 0 saturated carbocycles. The van der Waals surface area contributed by atoms with Gasteiger partial charge in [-0.25, -0.2) is 9.18 Å². The highest BCUT2D eigenvalue weighted by Crippen LogP contribution is 2.32. The van der Waals surface area contributed by atoms with Gasteiger partial charge in [0.1, 0.15) is 11.6 Å². The Balaban J connectivity index is 1.30. The number of alkyl halides is 3. The van der Waals surface area contributed by atoms with E-state index in [1.54, 1.807) is 0 Å². The van der Waals surface area contributed by atoms with Gasteiger partial charge in [0.25, 0.3) is 0 Å². The Hall–Kier alpha value is -4.72. The van der Waals surface area contributed by atoms with Crippen LogP contribution in [0.1, 0.15) is 24.5 Å². The van der Waals surface area contributed by atoms with E-state index >= 15 is 0 Å². The minimum absolute atomic E-state index is 0.00830. The Bertz CT molecular complexity index is 1710. The lowest BCUT2D eigenvalue weighted by Gasteiger charge is -2.20. The number of halogens is 4. The normalized spacial score (nSPS) is 14.4. The number of ether oxygens (including phenoxy) is 1. The Morgan fingerprint density at radius 1 is 1.07 bits per heavy atom. The Morgan fingerprint density at radius 3 is 2.44 bits per heavy atom. The SMILES string of the molecule is CCCc1ccc(C)cc1N1C(=O)CSC1=NC(=O)Nc1ccc(-c2nnc(-c3ccc(OC(F)(F)F)cc3)o2)cc1F. The molecule has 1 aromatic heterocycles. The number of nitrogens with one attached hydrogen (secondary N) is 1. The van der Waals surface area contributed by atoms with E-state index in [0.29, 0.717) is 11.3 Å². The van der Waals surface area contributed by atoms with Gasteiger partial charge >= 0.3 is 12.4 Å². The summed E-state index contributed by atoms with van der Waals surface area (Å²) < 4.78 is 61.5. The predicted molar refractivity (Wildman–Crippen MR) is 153 cm³/mol. The maximum atomic E-state index is 15.0. The van der Waals surface area contributed by atoms with Crippen LogP contribution in [-0.2, 0) is 11.2 Å². The molecular weight excluding hydrogens is 590 g/mol. The van der Waals surface area contributed by atoms with E-state index < -0.39 is 24.0 Å². The zero-order chi connectivity index (χ0) is 30.7. The van der Waals surface area contributed by atoms with Gasteiger partial charge in [0, 0.05) is 11.1 Å². The number of anilines is 2. The van der Waals surface area contributed by atoms with Crippen molar-refractivity contribution in [2.24, 2.45) is 4.99 Å². The summed E-state index contributed by atoms with van der Waals surface area (Å²) in [6.07, 6.45) is -3.21. The second-order valence-corrected chi connectivity index (χ2v) is 10.3. The Kier molecular flexibility index (Phi) is 8.48. The first-order valence-electron chi connectivity index (χ1n) is 13.0. The first-order chi connectivity index (χ1) is 20.5. The van der Waals surface area contributed by atoms with Crippen LogP contribution >= 0.6 is 11.8 Å². The van der Waals surface area contributed by atoms with Crippen molar-refractivity contribution in [3.63, 3.8) is 0 Å². The third-order valence-corrected chi connectivity index (χ3v) is 7.10. The molecule has 1 saturated heterocycles. The van der Waals surface area contributed by atoms with Gasteiger partial charge < -0.3 is 14.5 Å². The van der Waals surface area contributed by atoms with E-state index in [2.05, 4.69) is 25.2 Å². The standard InChI is InChI=1S/C29H23F4N5O4S/c1-3-4-17-6-5-16(2)13-23(17)38-24(39)15-43-28(38)35-27(40)34-22-12-9-19(14-21(22)30)26-37-36-25(41-26)18-7-10-20(11-8-18)42-29(31,32)33/h5-14H,3-4,15H2,1-2H3,(H,34,40). The van der Waals surface area contributed by atoms with Crippen molar-refractivity contribution in [2.75, 3.05) is 16.0 Å². The molecule has 5 rings (SSSR count). The number of amides is 3. The van der Waals surface area contributed by atoms with Gasteiger partial charge in [-0.3, -0.25) is 9.69 Å². The second kappa shape index (κ2) is 12.3. The lowest BCUT2D eigenvalue weighted by molar-refractivity contribution is -0.274. The molecule has 0 bridgehead atoms. The zero-order valence-electron chi connectivity index (χ0n) is 22.7. The maximum Gasteiger partial charge on any atom is 0.573 e. The van der Waals surface area contributed by atoms with Crippen LogP contribution in [0.3, 0.4) is 0 Å². The number of benzene rings is 3. The van der Waals surface area contributed by atoms with E-state index in [1.807, 2.05) is 32.0 Å². The van der Waals surface area contributed by atoms with Gasteiger partial charge in [0.2, 0.25) is 17.7 Å². The number of nitrogens with zero attached hydrogens (tertiary/aromatic N) is 4. The van der Waals surface area contributed by atoms with Crippen LogP contribution in [0.5, 0.6) is 5.75 Å². The molecule has 0 unspecified atom stereocenters.